The Kier molecular flexibility index (Phi) is 6.43. The van der Waals surface area contributed by atoms with E-state index in [1.165, 1.54) is 10.5 Å². The molecule has 178 valence electrons. The van der Waals surface area contributed by atoms with Crippen LogP contribution in [0, 0.1) is 0 Å². The average Bonchev–Trinajstić information content (AvgIpc) is 3.07. The van der Waals surface area contributed by atoms with Gasteiger partial charge in [0.05, 0.1) is 11.9 Å². The molecule has 0 bridgehead atoms. The predicted octanol–water partition coefficient (Wildman–Crippen LogP) is 2.93. The number of aromatic nitrogens is 2. The van der Waals surface area contributed by atoms with Crippen molar-refractivity contribution >= 4 is 34.6 Å². The highest BCUT2D eigenvalue weighted by Crippen LogP contribution is 2.33. The summed E-state index contributed by atoms with van der Waals surface area (Å²) in [6, 6.07) is 5.90. The van der Waals surface area contributed by atoms with Gasteiger partial charge < -0.3 is 9.64 Å². The Hall–Kier alpha value is -2.94. The number of urea groups is 1. The first-order valence-electron chi connectivity index (χ1n) is 11.6. The van der Waals surface area contributed by atoms with Crippen molar-refractivity contribution in [1.29, 1.82) is 0 Å². The number of esters is 1. The van der Waals surface area contributed by atoms with Crippen LogP contribution in [0.4, 0.5) is 10.6 Å². The SMILES string of the molecule is Cn1nc(N2CCC(=O)NC2=O)c2ccc(C3CCN(CCC(=O)OC(C)(C)C)CC3)cc21. The van der Waals surface area contributed by atoms with Crippen molar-refractivity contribution in [3.05, 3.63) is 23.8 Å². The number of ether oxygens (including phenoxy) is 1. The number of amides is 3. The molecule has 0 atom stereocenters. The van der Waals surface area contributed by atoms with Crippen LogP contribution in [0.15, 0.2) is 18.2 Å². The van der Waals surface area contributed by atoms with Gasteiger partial charge in [-0.2, -0.15) is 5.10 Å². The molecule has 0 unspecified atom stereocenters. The van der Waals surface area contributed by atoms with Gasteiger partial charge in [0.15, 0.2) is 5.82 Å². The third-order valence-electron chi connectivity index (χ3n) is 6.28. The molecule has 2 aliphatic rings. The first kappa shape index (κ1) is 23.2. The van der Waals surface area contributed by atoms with Gasteiger partial charge in [-0.1, -0.05) is 6.07 Å². The highest BCUT2D eigenvalue weighted by molar-refractivity contribution is 6.08. The Bertz CT molecular complexity index is 1060. The number of carbonyl (C=O) groups excluding carboxylic acids is 3. The number of anilines is 1. The molecule has 1 aromatic carbocycles. The van der Waals surface area contributed by atoms with Gasteiger partial charge in [-0.3, -0.25) is 24.5 Å². The third-order valence-corrected chi connectivity index (χ3v) is 6.28. The number of fused-ring (bicyclic) bond motifs is 1. The van der Waals surface area contributed by atoms with Crippen molar-refractivity contribution in [2.24, 2.45) is 7.05 Å². The molecule has 4 rings (SSSR count). The van der Waals surface area contributed by atoms with Gasteiger partial charge in [-0.15, -0.1) is 0 Å². The van der Waals surface area contributed by atoms with Gasteiger partial charge in [0.1, 0.15) is 5.60 Å². The minimum absolute atomic E-state index is 0.145. The maximum atomic E-state index is 12.3. The maximum absolute atomic E-state index is 12.3. The van der Waals surface area contributed by atoms with Crippen molar-refractivity contribution in [2.45, 2.75) is 58.0 Å². The van der Waals surface area contributed by atoms with E-state index in [0.717, 1.165) is 43.4 Å². The number of imide groups is 1. The van der Waals surface area contributed by atoms with E-state index < -0.39 is 11.6 Å². The number of benzene rings is 1. The number of likely N-dealkylation sites (tertiary alicyclic amines) is 1. The zero-order valence-corrected chi connectivity index (χ0v) is 19.9. The second kappa shape index (κ2) is 9.13. The molecule has 0 spiro atoms. The van der Waals surface area contributed by atoms with E-state index in [0.29, 0.717) is 24.7 Å². The molecule has 9 nitrogen and oxygen atoms in total. The average molecular weight is 456 g/mol. The quantitative estimate of drug-likeness (QED) is 0.697. The Labute approximate surface area is 194 Å². The summed E-state index contributed by atoms with van der Waals surface area (Å²) in [4.78, 5) is 39.6. The minimum atomic E-state index is -0.441. The topological polar surface area (TPSA) is 96.8 Å². The van der Waals surface area contributed by atoms with Crippen LogP contribution in [0.25, 0.3) is 10.9 Å². The van der Waals surface area contributed by atoms with Gasteiger partial charge >= 0.3 is 12.0 Å². The summed E-state index contributed by atoms with van der Waals surface area (Å²) in [6.07, 6.45) is 2.75. The van der Waals surface area contributed by atoms with E-state index in [2.05, 4.69) is 27.4 Å². The van der Waals surface area contributed by atoms with Crippen LogP contribution in [0.1, 0.15) is 57.9 Å². The van der Waals surface area contributed by atoms with Crippen LogP contribution >= 0.6 is 0 Å². The normalized spacial score (nSPS) is 18.6. The largest absolute Gasteiger partial charge is 0.460 e. The highest BCUT2D eigenvalue weighted by atomic mass is 16.6. The Morgan fingerprint density at radius 3 is 2.58 bits per heavy atom. The van der Waals surface area contributed by atoms with Gasteiger partial charge in [-0.05, 0) is 70.3 Å². The van der Waals surface area contributed by atoms with E-state index in [1.54, 1.807) is 4.68 Å². The van der Waals surface area contributed by atoms with Gasteiger partial charge in [0.25, 0.3) is 0 Å². The molecular formula is C24H33N5O4. The van der Waals surface area contributed by atoms with Crippen LogP contribution in [-0.4, -0.2) is 64.4 Å². The van der Waals surface area contributed by atoms with E-state index in [4.69, 9.17) is 4.74 Å². The second-order valence-corrected chi connectivity index (χ2v) is 9.93. The monoisotopic (exact) mass is 455 g/mol. The van der Waals surface area contributed by atoms with E-state index in [-0.39, 0.29) is 18.3 Å². The molecule has 2 aromatic rings. The Balaban J connectivity index is 1.39. The minimum Gasteiger partial charge on any atom is -0.460 e. The van der Waals surface area contributed by atoms with E-state index in [9.17, 15) is 14.4 Å². The fourth-order valence-electron chi connectivity index (χ4n) is 4.61. The number of nitrogens with zero attached hydrogens (tertiary/aromatic N) is 4. The summed E-state index contributed by atoms with van der Waals surface area (Å²) in [6.45, 7) is 8.63. The highest BCUT2D eigenvalue weighted by Gasteiger charge is 2.29. The van der Waals surface area contributed by atoms with Crippen LogP contribution < -0.4 is 10.2 Å². The molecule has 1 N–H and O–H groups in total. The summed E-state index contributed by atoms with van der Waals surface area (Å²) in [5.41, 5.74) is 1.80. The van der Waals surface area contributed by atoms with Crippen LogP contribution in [-0.2, 0) is 21.4 Å². The Morgan fingerprint density at radius 2 is 1.91 bits per heavy atom. The molecule has 33 heavy (non-hydrogen) atoms. The lowest BCUT2D eigenvalue weighted by Gasteiger charge is -2.32. The van der Waals surface area contributed by atoms with E-state index >= 15 is 0 Å². The number of carbonyl (C=O) groups is 3. The summed E-state index contributed by atoms with van der Waals surface area (Å²) in [5, 5.41) is 7.84. The zero-order chi connectivity index (χ0) is 23.8. The first-order chi connectivity index (χ1) is 15.6. The van der Waals surface area contributed by atoms with Crippen LogP contribution in [0.3, 0.4) is 0 Å². The molecule has 0 saturated carbocycles. The van der Waals surface area contributed by atoms with Crippen molar-refractivity contribution in [2.75, 3.05) is 31.1 Å². The van der Waals surface area contributed by atoms with Crippen molar-refractivity contribution < 1.29 is 19.1 Å². The van der Waals surface area contributed by atoms with Crippen LogP contribution in [0.2, 0.25) is 0 Å². The zero-order valence-electron chi connectivity index (χ0n) is 19.9. The number of piperidine rings is 1. The first-order valence-corrected chi connectivity index (χ1v) is 11.6. The smallest absolute Gasteiger partial charge is 0.329 e. The summed E-state index contributed by atoms with van der Waals surface area (Å²) in [5.74, 6) is 0.632. The van der Waals surface area contributed by atoms with Crippen molar-refractivity contribution in [1.82, 2.24) is 20.0 Å². The number of aryl methyl sites for hydroxylation is 1. The number of rotatable bonds is 5. The molecule has 3 heterocycles. The Morgan fingerprint density at radius 1 is 1.18 bits per heavy atom. The fourth-order valence-corrected chi connectivity index (χ4v) is 4.61. The lowest BCUT2D eigenvalue weighted by Crippen LogP contribution is -2.49. The van der Waals surface area contributed by atoms with Crippen molar-refractivity contribution in [3.8, 4) is 0 Å². The fraction of sp³-hybridized carbons (Fsp3) is 0.583. The molecule has 2 fully saturated rings. The molecule has 0 aliphatic carbocycles. The van der Waals surface area contributed by atoms with Crippen molar-refractivity contribution in [3.63, 3.8) is 0 Å². The molecule has 2 aliphatic heterocycles. The molecule has 2 saturated heterocycles. The summed E-state index contributed by atoms with van der Waals surface area (Å²) in [7, 11) is 1.88. The predicted molar refractivity (Wildman–Crippen MR) is 125 cm³/mol. The van der Waals surface area contributed by atoms with Gasteiger partial charge in [0, 0.05) is 31.9 Å². The standard InChI is InChI=1S/C24H33N5O4/c1-24(2,3)33-21(31)10-13-28-11-7-16(8-12-28)17-5-6-18-19(15-17)27(4)26-22(18)29-14-9-20(30)25-23(29)32/h5-6,15-16H,7-14H2,1-4H3,(H,25,30,32). The maximum Gasteiger partial charge on any atom is 0.329 e. The number of nitrogens with one attached hydrogen (secondary N) is 1. The van der Waals surface area contributed by atoms with E-state index in [1.807, 2.05) is 33.9 Å². The molecule has 9 heteroatoms. The van der Waals surface area contributed by atoms with Gasteiger partial charge in [-0.25, -0.2) is 4.79 Å². The van der Waals surface area contributed by atoms with Crippen LogP contribution in [0.5, 0.6) is 0 Å². The second-order valence-electron chi connectivity index (χ2n) is 9.93. The molecular weight excluding hydrogens is 422 g/mol. The lowest BCUT2D eigenvalue weighted by molar-refractivity contribution is -0.155. The summed E-state index contributed by atoms with van der Waals surface area (Å²) < 4.78 is 7.21. The number of hydrogen-bond donors (Lipinski definition) is 1. The van der Waals surface area contributed by atoms with Gasteiger partial charge in [0.2, 0.25) is 5.91 Å². The summed E-state index contributed by atoms with van der Waals surface area (Å²) >= 11 is 0. The third kappa shape index (κ3) is 5.35. The lowest BCUT2D eigenvalue weighted by atomic mass is 9.89. The number of hydrogen-bond acceptors (Lipinski definition) is 6. The molecule has 1 aromatic heterocycles. The molecule has 3 amide bonds. The molecule has 0 radical (unpaired) electrons.